The summed E-state index contributed by atoms with van der Waals surface area (Å²) >= 11 is 5.73. The molecule has 18 heavy (non-hydrogen) atoms. The molecule has 0 bridgehead atoms. The lowest BCUT2D eigenvalue weighted by molar-refractivity contribution is -0.128. The Balaban J connectivity index is 1.79. The molecule has 0 radical (unpaired) electrons. The Morgan fingerprint density at radius 1 is 1.44 bits per heavy atom. The normalized spacial score (nSPS) is 19.3. The number of likely N-dealkylation sites (tertiary alicyclic amines) is 1. The van der Waals surface area contributed by atoms with E-state index in [2.05, 4.69) is 0 Å². The summed E-state index contributed by atoms with van der Waals surface area (Å²) in [7, 11) is 0. The van der Waals surface area contributed by atoms with Crippen LogP contribution in [0.3, 0.4) is 0 Å². The molecule has 1 atom stereocenters. The van der Waals surface area contributed by atoms with Crippen LogP contribution in [0.1, 0.15) is 6.42 Å². The van der Waals surface area contributed by atoms with Gasteiger partial charge in [0.15, 0.2) is 11.6 Å². The van der Waals surface area contributed by atoms with E-state index in [4.69, 9.17) is 16.3 Å². The summed E-state index contributed by atoms with van der Waals surface area (Å²) in [6, 6.07) is 6.24. The summed E-state index contributed by atoms with van der Waals surface area (Å²) in [5, 5.41) is 0. The van der Waals surface area contributed by atoms with Gasteiger partial charge in [0, 0.05) is 18.8 Å². The van der Waals surface area contributed by atoms with Gasteiger partial charge in [0.2, 0.25) is 5.91 Å². The summed E-state index contributed by atoms with van der Waals surface area (Å²) < 4.78 is 18.6. The number of halogens is 2. The standard InChI is InChI=1S/C13H15ClFNO2/c14-8-10-7-13(17)16(9-10)5-6-18-12-4-2-1-3-11(12)15/h1-4,10H,5-9H2. The monoisotopic (exact) mass is 271 g/mol. The van der Waals surface area contributed by atoms with Crippen molar-refractivity contribution >= 4 is 17.5 Å². The Morgan fingerprint density at radius 2 is 2.22 bits per heavy atom. The first-order chi connectivity index (χ1) is 8.70. The second-order valence-corrected chi connectivity index (χ2v) is 4.65. The molecule has 0 N–H and O–H groups in total. The molecule has 1 aromatic carbocycles. The number of hydrogen-bond acceptors (Lipinski definition) is 2. The number of alkyl halides is 1. The second-order valence-electron chi connectivity index (χ2n) is 4.34. The van der Waals surface area contributed by atoms with Crippen molar-refractivity contribution in [3.05, 3.63) is 30.1 Å². The van der Waals surface area contributed by atoms with Gasteiger partial charge in [-0.05, 0) is 18.1 Å². The highest BCUT2D eigenvalue weighted by atomic mass is 35.5. The number of nitrogens with zero attached hydrogens (tertiary/aromatic N) is 1. The minimum Gasteiger partial charge on any atom is -0.489 e. The Morgan fingerprint density at radius 3 is 2.89 bits per heavy atom. The van der Waals surface area contributed by atoms with Crippen LogP contribution in [0.25, 0.3) is 0 Å². The largest absolute Gasteiger partial charge is 0.489 e. The smallest absolute Gasteiger partial charge is 0.223 e. The molecule has 1 amide bonds. The zero-order valence-electron chi connectivity index (χ0n) is 9.94. The Kier molecular flexibility index (Phi) is 4.42. The van der Waals surface area contributed by atoms with Crippen molar-refractivity contribution in [3.8, 4) is 5.75 Å². The van der Waals surface area contributed by atoms with Crippen molar-refractivity contribution in [3.63, 3.8) is 0 Å². The van der Waals surface area contributed by atoms with Crippen LogP contribution in [0.15, 0.2) is 24.3 Å². The molecule has 1 saturated heterocycles. The van der Waals surface area contributed by atoms with Crippen molar-refractivity contribution in [1.82, 2.24) is 4.90 Å². The number of ether oxygens (including phenoxy) is 1. The van der Waals surface area contributed by atoms with Crippen LogP contribution in [0, 0.1) is 11.7 Å². The lowest BCUT2D eigenvalue weighted by atomic mass is 10.2. The van der Waals surface area contributed by atoms with Crippen LogP contribution < -0.4 is 4.74 Å². The zero-order chi connectivity index (χ0) is 13.0. The van der Waals surface area contributed by atoms with Crippen molar-refractivity contribution in [2.45, 2.75) is 6.42 Å². The van der Waals surface area contributed by atoms with E-state index < -0.39 is 0 Å². The Labute approximate surface area is 110 Å². The predicted molar refractivity (Wildman–Crippen MR) is 67.3 cm³/mol. The average Bonchev–Trinajstić information content (AvgIpc) is 2.73. The van der Waals surface area contributed by atoms with E-state index in [1.54, 1.807) is 23.1 Å². The van der Waals surface area contributed by atoms with Gasteiger partial charge in [0.05, 0.1) is 6.54 Å². The van der Waals surface area contributed by atoms with Crippen molar-refractivity contribution in [2.75, 3.05) is 25.6 Å². The topological polar surface area (TPSA) is 29.5 Å². The van der Waals surface area contributed by atoms with Crippen molar-refractivity contribution < 1.29 is 13.9 Å². The molecule has 3 nitrogen and oxygen atoms in total. The highest BCUT2D eigenvalue weighted by molar-refractivity contribution is 6.18. The van der Waals surface area contributed by atoms with Crippen molar-refractivity contribution in [2.24, 2.45) is 5.92 Å². The van der Waals surface area contributed by atoms with Gasteiger partial charge in [-0.1, -0.05) is 12.1 Å². The molecular formula is C13H15ClFNO2. The highest BCUT2D eigenvalue weighted by Crippen LogP contribution is 2.19. The SMILES string of the molecule is O=C1CC(CCl)CN1CCOc1ccccc1F. The fourth-order valence-electron chi connectivity index (χ4n) is 2.00. The molecule has 0 spiro atoms. The number of amides is 1. The molecule has 1 aliphatic rings. The zero-order valence-corrected chi connectivity index (χ0v) is 10.7. The van der Waals surface area contributed by atoms with Gasteiger partial charge in [-0.15, -0.1) is 11.6 Å². The minimum absolute atomic E-state index is 0.0952. The second kappa shape index (κ2) is 6.05. The number of carbonyl (C=O) groups excluding carboxylic acids is 1. The van der Waals surface area contributed by atoms with Gasteiger partial charge in [-0.2, -0.15) is 0 Å². The first-order valence-corrected chi connectivity index (χ1v) is 6.45. The van der Waals surface area contributed by atoms with Crippen LogP contribution >= 0.6 is 11.6 Å². The van der Waals surface area contributed by atoms with E-state index in [1.807, 2.05) is 0 Å². The molecule has 1 heterocycles. The molecule has 1 unspecified atom stereocenters. The van der Waals surface area contributed by atoms with Gasteiger partial charge >= 0.3 is 0 Å². The van der Waals surface area contributed by atoms with E-state index in [1.165, 1.54) is 6.07 Å². The summed E-state index contributed by atoms with van der Waals surface area (Å²) in [6.07, 6.45) is 0.503. The third kappa shape index (κ3) is 3.13. The van der Waals surface area contributed by atoms with E-state index in [9.17, 15) is 9.18 Å². The van der Waals surface area contributed by atoms with E-state index >= 15 is 0 Å². The molecular weight excluding hydrogens is 257 g/mol. The van der Waals surface area contributed by atoms with Crippen LogP contribution in [0.4, 0.5) is 4.39 Å². The molecule has 5 heteroatoms. The Hall–Kier alpha value is -1.29. The first-order valence-electron chi connectivity index (χ1n) is 5.91. The summed E-state index contributed by atoms with van der Waals surface area (Å²) in [4.78, 5) is 13.3. The molecule has 0 aliphatic carbocycles. The van der Waals surface area contributed by atoms with E-state index in [0.717, 1.165) is 0 Å². The molecule has 1 fully saturated rings. The van der Waals surface area contributed by atoms with E-state index in [0.29, 0.717) is 32.0 Å². The average molecular weight is 272 g/mol. The third-order valence-electron chi connectivity index (χ3n) is 2.97. The molecule has 98 valence electrons. The molecule has 1 aromatic rings. The molecule has 0 saturated carbocycles. The van der Waals surface area contributed by atoms with Gasteiger partial charge < -0.3 is 9.64 Å². The number of hydrogen-bond donors (Lipinski definition) is 0. The Bertz CT molecular complexity index is 427. The van der Waals surface area contributed by atoms with Crippen molar-refractivity contribution in [1.29, 1.82) is 0 Å². The highest BCUT2D eigenvalue weighted by Gasteiger charge is 2.28. The van der Waals surface area contributed by atoms with Crippen LogP contribution in [0.2, 0.25) is 0 Å². The fraction of sp³-hybridized carbons (Fsp3) is 0.462. The predicted octanol–water partition coefficient (Wildman–Crippen LogP) is 2.29. The quantitative estimate of drug-likeness (QED) is 0.769. The van der Waals surface area contributed by atoms with Gasteiger partial charge in [0.25, 0.3) is 0 Å². The number of carbonyl (C=O) groups is 1. The van der Waals surface area contributed by atoms with Gasteiger partial charge in [0.1, 0.15) is 6.61 Å². The number of rotatable bonds is 5. The number of para-hydroxylation sites is 1. The minimum atomic E-state index is -0.385. The molecule has 0 aromatic heterocycles. The van der Waals surface area contributed by atoms with Crippen LogP contribution in [-0.2, 0) is 4.79 Å². The summed E-state index contributed by atoms with van der Waals surface area (Å²) in [6.45, 7) is 1.44. The lowest BCUT2D eigenvalue weighted by Gasteiger charge is -2.16. The van der Waals surface area contributed by atoms with Crippen LogP contribution in [0.5, 0.6) is 5.75 Å². The summed E-state index contributed by atoms with van der Waals surface area (Å²) in [5.41, 5.74) is 0. The number of benzene rings is 1. The van der Waals surface area contributed by atoms with Gasteiger partial charge in [-0.3, -0.25) is 4.79 Å². The maximum atomic E-state index is 13.3. The maximum Gasteiger partial charge on any atom is 0.223 e. The fourth-order valence-corrected chi connectivity index (χ4v) is 2.21. The van der Waals surface area contributed by atoms with Crippen LogP contribution in [-0.4, -0.2) is 36.4 Å². The lowest BCUT2D eigenvalue weighted by Crippen LogP contribution is -2.30. The van der Waals surface area contributed by atoms with Gasteiger partial charge in [-0.25, -0.2) is 4.39 Å². The summed E-state index contributed by atoms with van der Waals surface area (Å²) in [5.74, 6) is 0.656. The maximum absolute atomic E-state index is 13.3. The molecule has 1 aliphatic heterocycles. The first kappa shape index (κ1) is 13.1. The molecule has 2 rings (SSSR count). The van der Waals surface area contributed by atoms with E-state index in [-0.39, 0.29) is 23.4 Å². The third-order valence-corrected chi connectivity index (χ3v) is 3.40.